The third-order valence-corrected chi connectivity index (χ3v) is 4.09. The molecule has 0 heterocycles. The van der Waals surface area contributed by atoms with Gasteiger partial charge in [-0.2, -0.15) is 0 Å². The highest BCUT2D eigenvalue weighted by Crippen LogP contribution is 2.19. The Bertz CT molecular complexity index is 453. The van der Waals surface area contributed by atoms with E-state index in [1.807, 2.05) is 12.2 Å². The Labute approximate surface area is 150 Å². The van der Waals surface area contributed by atoms with Gasteiger partial charge in [0.05, 0.1) is 6.10 Å². The summed E-state index contributed by atoms with van der Waals surface area (Å²) in [5, 5.41) is 18.5. The van der Waals surface area contributed by atoms with Crippen LogP contribution < -0.4 is 0 Å². The molecule has 0 aliphatic carbocycles. The van der Waals surface area contributed by atoms with Crippen molar-refractivity contribution in [1.82, 2.24) is 0 Å². The van der Waals surface area contributed by atoms with Crippen LogP contribution in [0.2, 0.25) is 0 Å². The van der Waals surface area contributed by atoms with Gasteiger partial charge in [-0.25, -0.2) is 0 Å². The summed E-state index contributed by atoms with van der Waals surface area (Å²) in [5.74, 6) is -1.93. The fourth-order valence-electron chi connectivity index (χ4n) is 2.56. The van der Waals surface area contributed by atoms with Gasteiger partial charge in [0, 0.05) is 18.3 Å². The molecule has 0 saturated heterocycles. The molecule has 0 aromatic rings. The van der Waals surface area contributed by atoms with Gasteiger partial charge in [0.25, 0.3) is 0 Å². The van der Waals surface area contributed by atoms with Crippen LogP contribution in [0, 0.1) is 11.8 Å². The minimum atomic E-state index is -0.821. The molecule has 0 spiro atoms. The molecule has 5 heteroatoms. The Hall–Kier alpha value is -1.75. The number of aliphatic hydroxyl groups excluding tert-OH is 1. The lowest BCUT2D eigenvalue weighted by Gasteiger charge is -2.16. The van der Waals surface area contributed by atoms with Gasteiger partial charge in [0.15, 0.2) is 0 Å². The van der Waals surface area contributed by atoms with Crippen LogP contribution in [-0.2, 0) is 14.4 Å². The number of carboxylic acids is 1. The minimum Gasteiger partial charge on any atom is -0.481 e. The topological polar surface area (TPSA) is 91.7 Å². The molecule has 2 N–H and O–H groups in total. The molecule has 0 unspecified atom stereocenters. The maximum atomic E-state index is 11.8. The second kappa shape index (κ2) is 14.6. The lowest BCUT2D eigenvalue weighted by Crippen LogP contribution is -2.21. The molecule has 5 nitrogen and oxygen atoms in total. The average Bonchev–Trinajstić information content (AvgIpc) is 2.55. The van der Waals surface area contributed by atoms with Crippen LogP contribution in [-0.4, -0.2) is 34.4 Å². The van der Waals surface area contributed by atoms with Gasteiger partial charge in [0.2, 0.25) is 0 Å². The van der Waals surface area contributed by atoms with Gasteiger partial charge in [-0.15, -0.1) is 0 Å². The number of unbranched alkanes of at least 4 members (excludes halogenated alkanes) is 3. The van der Waals surface area contributed by atoms with E-state index in [1.165, 1.54) is 6.92 Å². The van der Waals surface area contributed by atoms with Crippen LogP contribution >= 0.6 is 0 Å². The van der Waals surface area contributed by atoms with Crippen molar-refractivity contribution in [2.75, 3.05) is 0 Å². The van der Waals surface area contributed by atoms with E-state index in [0.717, 1.165) is 25.5 Å². The average molecular weight is 352 g/mol. The predicted molar refractivity (Wildman–Crippen MR) is 98.3 cm³/mol. The second-order valence-electron chi connectivity index (χ2n) is 6.38. The molecule has 0 radical (unpaired) electrons. The molecule has 0 bridgehead atoms. The number of hydrogen-bond donors (Lipinski definition) is 2. The zero-order valence-electron chi connectivity index (χ0n) is 15.4. The van der Waals surface area contributed by atoms with Gasteiger partial charge in [-0.05, 0) is 32.6 Å². The Balaban J connectivity index is 4.53. The molecule has 0 aliphatic rings. The van der Waals surface area contributed by atoms with Gasteiger partial charge in [0.1, 0.15) is 12.1 Å². The van der Waals surface area contributed by atoms with Crippen molar-refractivity contribution in [1.29, 1.82) is 0 Å². The summed E-state index contributed by atoms with van der Waals surface area (Å²) in [6.07, 6.45) is 12.6. The maximum Gasteiger partial charge on any atom is 0.303 e. The van der Waals surface area contributed by atoms with Crippen molar-refractivity contribution < 1.29 is 24.6 Å². The molecule has 0 fully saturated rings. The number of ketones is 1. The van der Waals surface area contributed by atoms with E-state index in [4.69, 9.17) is 5.11 Å². The number of allylic oxidation sites excluding steroid dienone is 3. The van der Waals surface area contributed by atoms with Crippen molar-refractivity contribution in [2.45, 2.75) is 71.3 Å². The van der Waals surface area contributed by atoms with E-state index < -0.39 is 23.9 Å². The Morgan fingerprint density at radius 3 is 2.36 bits per heavy atom. The summed E-state index contributed by atoms with van der Waals surface area (Å²) in [7, 11) is 0. The number of rotatable bonds is 15. The number of hydrogen-bond acceptors (Lipinski definition) is 4. The largest absolute Gasteiger partial charge is 0.481 e. The summed E-state index contributed by atoms with van der Waals surface area (Å²) in [6, 6.07) is 0. The monoisotopic (exact) mass is 352 g/mol. The van der Waals surface area contributed by atoms with Crippen molar-refractivity contribution in [3.8, 4) is 0 Å². The van der Waals surface area contributed by atoms with Gasteiger partial charge in [-0.3, -0.25) is 9.59 Å². The van der Waals surface area contributed by atoms with Crippen LogP contribution in [0.25, 0.3) is 0 Å². The van der Waals surface area contributed by atoms with Crippen molar-refractivity contribution in [2.24, 2.45) is 11.8 Å². The number of carbonyl (C=O) groups is 3. The summed E-state index contributed by atoms with van der Waals surface area (Å²) in [4.78, 5) is 33.6. The highest BCUT2D eigenvalue weighted by Gasteiger charge is 2.22. The van der Waals surface area contributed by atoms with E-state index in [1.54, 1.807) is 12.2 Å². The first-order chi connectivity index (χ1) is 11.9. The number of Topliss-reactive ketones (excluding diaryl/α,β-unsaturated/α-hetero) is 1. The normalized spacial score (nSPS) is 15.3. The standard InChI is InChI=1S/C20H32O5/c1-3-4-7-11-18(23)13-14-19(16(2)22)17(15-21)10-8-5-6-9-12-20(24)25/h5,8,13-15,17-19,23H,3-4,6-7,9-12H2,1-2H3,(H,24,25)/b8-5-,14-13+/t17-,18-,19-/m0/s1. The number of aliphatic carboxylic acids is 1. The summed E-state index contributed by atoms with van der Waals surface area (Å²) in [6.45, 7) is 3.55. The molecule has 0 aliphatic heterocycles. The number of carbonyl (C=O) groups excluding carboxylic acids is 2. The molecule has 0 rings (SSSR count). The smallest absolute Gasteiger partial charge is 0.303 e. The maximum absolute atomic E-state index is 11.8. The van der Waals surface area contributed by atoms with Gasteiger partial charge < -0.3 is 15.0 Å². The van der Waals surface area contributed by atoms with Crippen LogP contribution in [0.5, 0.6) is 0 Å². The van der Waals surface area contributed by atoms with Gasteiger partial charge in [-0.1, -0.05) is 50.5 Å². The fourth-order valence-corrected chi connectivity index (χ4v) is 2.56. The number of aliphatic hydroxyl groups is 1. The van der Waals surface area contributed by atoms with E-state index in [-0.39, 0.29) is 12.2 Å². The van der Waals surface area contributed by atoms with Crippen LogP contribution in [0.1, 0.15) is 65.2 Å². The molecule has 0 aromatic heterocycles. The summed E-state index contributed by atoms with van der Waals surface area (Å²) in [5.41, 5.74) is 0. The van der Waals surface area contributed by atoms with Crippen LogP contribution in [0.3, 0.4) is 0 Å². The molecular weight excluding hydrogens is 320 g/mol. The minimum absolute atomic E-state index is 0.103. The lowest BCUT2D eigenvalue weighted by atomic mass is 9.86. The molecule has 0 aromatic carbocycles. The lowest BCUT2D eigenvalue weighted by molar-refractivity contribution is -0.137. The zero-order chi connectivity index (χ0) is 19.1. The van der Waals surface area contributed by atoms with E-state index >= 15 is 0 Å². The Morgan fingerprint density at radius 2 is 1.80 bits per heavy atom. The first kappa shape index (κ1) is 23.2. The quantitative estimate of drug-likeness (QED) is 0.266. The SMILES string of the molecule is CCCCC[C@H](O)/C=C/[C@@H](C(C)=O)[C@H](C=O)C/C=C\CCCC(=O)O. The van der Waals surface area contributed by atoms with E-state index in [0.29, 0.717) is 25.7 Å². The molecule has 0 saturated carbocycles. The summed E-state index contributed by atoms with van der Waals surface area (Å²) < 4.78 is 0. The molecule has 25 heavy (non-hydrogen) atoms. The fraction of sp³-hybridized carbons (Fsp3) is 0.650. The Morgan fingerprint density at radius 1 is 1.08 bits per heavy atom. The van der Waals surface area contributed by atoms with Crippen LogP contribution in [0.15, 0.2) is 24.3 Å². The van der Waals surface area contributed by atoms with E-state index in [9.17, 15) is 19.5 Å². The number of aldehydes is 1. The molecular formula is C20H32O5. The highest BCUT2D eigenvalue weighted by molar-refractivity contribution is 5.83. The predicted octanol–water partition coefficient (Wildman–Crippen LogP) is 3.71. The molecule has 0 amide bonds. The molecule has 142 valence electrons. The number of carboxylic acid groups (broad SMARTS) is 1. The van der Waals surface area contributed by atoms with Crippen molar-refractivity contribution in [3.63, 3.8) is 0 Å². The van der Waals surface area contributed by atoms with E-state index in [2.05, 4.69) is 6.92 Å². The molecule has 3 atom stereocenters. The third kappa shape index (κ3) is 12.3. The first-order valence-corrected chi connectivity index (χ1v) is 9.11. The van der Waals surface area contributed by atoms with Crippen molar-refractivity contribution >= 4 is 18.0 Å². The third-order valence-electron chi connectivity index (χ3n) is 4.09. The zero-order valence-corrected chi connectivity index (χ0v) is 15.4. The second-order valence-corrected chi connectivity index (χ2v) is 6.38. The Kier molecular flexibility index (Phi) is 13.6. The highest BCUT2D eigenvalue weighted by atomic mass is 16.4. The first-order valence-electron chi connectivity index (χ1n) is 9.11. The van der Waals surface area contributed by atoms with Crippen molar-refractivity contribution in [3.05, 3.63) is 24.3 Å². The summed E-state index contributed by atoms with van der Waals surface area (Å²) >= 11 is 0. The van der Waals surface area contributed by atoms with Gasteiger partial charge >= 0.3 is 5.97 Å². The van der Waals surface area contributed by atoms with Crippen LogP contribution in [0.4, 0.5) is 0 Å².